The summed E-state index contributed by atoms with van der Waals surface area (Å²) in [5.41, 5.74) is 6.07. The van der Waals surface area contributed by atoms with E-state index >= 15 is 0 Å². The largest absolute Gasteiger partial charge is 0.409 e. The Morgan fingerprint density at radius 2 is 2.21 bits per heavy atom. The summed E-state index contributed by atoms with van der Waals surface area (Å²) >= 11 is 11.0. The number of nitrogens with zero attached hydrogens (tertiary/aromatic N) is 2. The predicted molar refractivity (Wildman–Crippen MR) is 80.0 cm³/mol. The molecule has 0 unspecified atom stereocenters. The van der Waals surface area contributed by atoms with Gasteiger partial charge in [-0.15, -0.1) is 0 Å². The van der Waals surface area contributed by atoms with Crippen molar-refractivity contribution < 1.29 is 5.21 Å². The van der Waals surface area contributed by atoms with Crippen molar-refractivity contribution in [2.45, 2.75) is 9.92 Å². The summed E-state index contributed by atoms with van der Waals surface area (Å²) in [4.78, 5) is 5.10. The van der Waals surface area contributed by atoms with E-state index < -0.39 is 0 Å². The van der Waals surface area contributed by atoms with Crippen LogP contribution in [0.1, 0.15) is 5.56 Å². The molecular weight excluding hydrogens is 350 g/mol. The fraction of sp³-hybridized carbons (Fsp3) is 0. The van der Waals surface area contributed by atoms with E-state index in [9.17, 15) is 0 Å². The lowest BCUT2D eigenvalue weighted by atomic mass is 10.2. The molecule has 0 saturated carbocycles. The van der Waals surface area contributed by atoms with Gasteiger partial charge in [0.2, 0.25) is 0 Å². The Balaban J connectivity index is 2.30. The van der Waals surface area contributed by atoms with E-state index in [0.717, 1.165) is 14.4 Å². The standard InChI is InChI=1S/C12H9BrClN3OS/c13-8-2-1-5-16-12(8)19-10-4-3-7(6-9(10)14)11(15)17-18/h1-6,18H,(H2,15,17). The number of halogens is 2. The summed E-state index contributed by atoms with van der Waals surface area (Å²) in [6, 6.07) is 8.95. The number of aromatic nitrogens is 1. The van der Waals surface area contributed by atoms with E-state index in [1.54, 1.807) is 18.3 Å². The highest BCUT2D eigenvalue weighted by Crippen LogP contribution is 2.35. The summed E-state index contributed by atoms with van der Waals surface area (Å²) in [6.07, 6.45) is 1.71. The van der Waals surface area contributed by atoms with E-state index in [2.05, 4.69) is 26.1 Å². The molecule has 0 radical (unpaired) electrons. The van der Waals surface area contributed by atoms with Crippen LogP contribution in [-0.2, 0) is 0 Å². The fourth-order valence-electron chi connectivity index (χ4n) is 1.35. The number of oxime groups is 1. The second-order valence-corrected chi connectivity index (χ2v) is 5.82. The number of pyridine rings is 1. The molecule has 3 N–H and O–H groups in total. The van der Waals surface area contributed by atoms with E-state index in [4.69, 9.17) is 22.5 Å². The van der Waals surface area contributed by atoms with E-state index in [0.29, 0.717) is 10.6 Å². The van der Waals surface area contributed by atoms with Crippen molar-refractivity contribution in [1.82, 2.24) is 4.98 Å². The molecule has 98 valence electrons. The molecule has 0 atom stereocenters. The van der Waals surface area contributed by atoms with Crippen LogP contribution in [0.3, 0.4) is 0 Å². The van der Waals surface area contributed by atoms with Crippen LogP contribution in [0, 0.1) is 0 Å². The summed E-state index contributed by atoms with van der Waals surface area (Å²) in [6.45, 7) is 0. The van der Waals surface area contributed by atoms with Crippen molar-refractivity contribution in [1.29, 1.82) is 0 Å². The monoisotopic (exact) mass is 357 g/mol. The zero-order chi connectivity index (χ0) is 13.8. The maximum absolute atomic E-state index is 8.62. The van der Waals surface area contributed by atoms with Crippen LogP contribution < -0.4 is 5.73 Å². The van der Waals surface area contributed by atoms with Crippen molar-refractivity contribution in [3.05, 3.63) is 51.6 Å². The van der Waals surface area contributed by atoms with Gasteiger partial charge >= 0.3 is 0 Å². The number of hydrogen-bond donors (Lipinski definition) is 2. The number of benzene rings is 1. The Kier molecular flexibility index (Phi) is 4.68. The summed E-state index contributed by atoms with van der Waals surface area (Å²) in [7, 11) is 0. The van der Waals surface area contributed by atoms with E-state index in [1.165, 1.54) is 11.8 Å². The van der Waals surface area contributed by atoms with Crippen LogP contribution in [0.5, 0.6) is 0 Å². The number of rotatable bonds is 3. The molecule has 0 fully saturated rings. The molecule has 7 heteroatoms. The molecule has 0 aliphatic heterocycles. The van der Waals surface area contributed by atoms with Gasteiger partial charge in [-0.2, -0.15) is 0 Å². The van der Waals surface area contributed by atoms with Crippen molar-refractivity contribution in [3.63, 3.8) is 0 Å². The highest BCUT2D eigenvalue weighted by Gasteiger charge is 2.09. The van der Waals surface area contributed by atoms with Crippen LogP contribution >= 0.6 is 39.3 Å². The second-order valence-electron chi connectivity index (χ2n) is 3.52. The fourth-order valence-corrected chi connectivity index (χ4v) is 2.93. The normalized spacial score (nSPS) is 11.6. The first-order chi connectivity index (χ1) is 9.11. The molecule has 1 heterocycles. The summed E-state index contributed by atoms with van der Waals surface area (Å²) < 4.78 is 0.900. The highest BCUT2D eigenvalue weighted by atomic mass is 79.9. The molecule has 19 heavy (non-hydrogen) atoms. The Bertz CT molecular complexity index is 636. The molecule has 0 amide bonds. The minimum absolute atomic E-state index is 0.0254. The van der Waals surface area contributed by atoms with Gasteiger partial charge in [-0.1, -0.05) is 28.5 Å². The molecule has 4 nitrogen and oxygen atoms in total. The average Bonchev–Trinajstić information content (AvgIpc) is 2.42. The third-order valence-electron chi connectivity index (χ3n) is 2.27. The van der Waals surface area contributed by atoms with Crippen LogP contribution in [-0.4, -0.2) is 16.0 Å². The van der Waals surface area contributed by atoms with E-state index in [1.807, 2.05) is 18.2 Å². The molecule has 1 aromatic heterocycles. The van der Waals surface area contributed by atoms with Crippen molar-refractivity contribution in [2.75, 3.05) is 0 Å². The van der Waals surface area contributed by atoms with E-state index in [-0.39, 0.29) is 5.84 Å². The van der Waals surface area contributed by atoms with Gasteiger partial charge < -0.3 is 10.9 Å². The lowest BCUT2D eigenvalue weighted by Gasteiger charge is -2.06. The van der Waals surface area contributed by atoms with Gasteiger partial charge in [0.15, 0.2) is 5.84 Å². The number of nitrogens with two attached hydrogens (primary N) is 1. The Hall–Kier alpha value is -1.24. The molecule has 2 rings (SSSR count). The lowest BCUT2D eigenvalue weighted by molar-refractivity contribution is 0.318. The Morgan fingerprint density at radius 1 is 1.42 bits per heavy atom. The Labute approximate surface area is 127 Å². The quantitative estimate of drug-likeness (QED) is 0.379. The third-order valence-corrected chi connectivity index (χ3v) is 4.69. The first-order valence-electron chi connectivity index (χ1n) is 5.17. The number of amidine groups is 1. The SMILES string of the molecule is NC(=NO)c1ccc(Sc2ncccc2Br)c(Cl)c1. The zero-order valence-corrected chi connectivity index (χ0v) is 12.7. The molecule has 0 saturated heterocycles. The molecule has 0 aliphatic carbocycles. The van der Waals surface area contributed by atoms with Crippen molar-refractivity contribution >= 4 is 45.1 Å². The second kappa shape index (κ2) is 6.27. The minimum atomic E-state index is 0.0254. The maximum Gasteiger partial charge on any atom is 0.170 e. The predicted octanol–water partition coefficient (Wildman–Crippen LogP) is 3.74. The summed E-state index contributed by atoms with van der Waals surface area (Å²) in [5, 5.41) is 12.9. The van der Waals surface area contributed by atoms with Gasteiger partial charge in [-0.05, 0) is 46.3 Å². The molecule has 0 bridgehead atoms. The van der Waals surface area contributed by atoms with Crippen molar-refractivity contribution in [3.8, 4) is 0 Å². The van der Waals surface area contributed by atoms with Gasteiger partial charge in [0.1, 0.15) is 5.03 Å². The minimum Gasteiger partial charge on any atom is -0.409 e. The molecule has 0 aliphatic rings. The lowest BCUT2D eigenvalue weighted by Crippen LogP contribution is -2.12. The number of hydrogen-bond acceptors (Lipinski definition) is 4. The van der Waals surface area contributed by atoms with Crippen LogP contribution in [0.4, 0.5) is 0 Å². The third kappa shape index (κ3) is 3.40. The van der Waals surface area contributed by atoms with Crippen LogP contribution in [0.15, 0.2) is 56.1 Å². The molecule has 0 spiro atoms. The maximum atomic E-state index is 8.62. The Morgan fingerprint density at radius 3 is 2.84 bits per heavy atom. The first-order valence-corrected chi connectivity index (χ1v) is 7.16. The molecular formula is C12H9BrClN3OS. The van der Waals surface area contributed by atoms with Gasteiger partial charge in [0, 0.05) is 16.7 Å². The van der Waals surface area contributed by atoms with Crippen LogP contribution in [0.2, 0.25) is 5.02 Å². The molecule has 1 aromatic carbocycles. The highest BCUT2D eigenvalue weighted by molar-refractivity contribution is 9.10. The smallest absolute Gasteiger partial charge is 0.170 e. The molecule has 2 aromatic rings. The van der Waals surface area contributed by atoms with Gasteiger partial charge in [-0.25, -0.2) is 4.98 Å². The summed E-state index contributed by atoms with van der Waals surface area (Å²) in [5.74, 6) is 0.0254. The van der Waals surface area contributed by atoms with Crippen molar-refractivity contribution in [2.24, 2.45) is 10.9 Å². The van der Waals surface area contributed by atoms with Gasteiger partial charge in [0.25, 0.3) is 0 Å². The van der Waals surface area contributed by atoms with Gasteiger partial charge in [0.05, 0.1) is 9.50 Å². The topological polar surface area (TPSA) is 71.5 Å². The van der Waals surface area contributed by atoms with Gasteiger partial charge in [-0.3, -0.25) is 0 Å². The average molecular weight is 359 g/mol. The zero-order valence-electron chi connectivity index (χ0n) is 9.55. The van der Waals surface area contributed by atoms with Crippen LogP contribution in [0.25, 0.3) is 0 Å². The first kappa shape index (κ1) is 14.2.